The molecular formula is C29H40FN3O4. The van der Waals surface area contributed by atoms with Gasteiger partial charge >= 0.3 is 6.09 Å². The molecule has 0 radical (unpaired) electrons. The average Bonchev–Trinajstić information content (AvgIpc) is 3.58. The molecule has 0 spiro atoms. The second-order valence-electron chi connectivity index (χ2n) is 11.9. The van der Waals surface area contributed by atoms with E-state index in [1.807, 2.05) is 26.8 Å². The molecule has 5 atom stereocenters. The van der Waals surface area contributed by atoms with Crippen molar-refractivity contribution in [3.8, 4) is 6.07 Å². The maximum atomic E-state index is 15.1. The van der Waals surface area contributed by atoms with Gasteiger partial charge in [0.2, 0.25) is 0 Å². The van der Waals surface area contributed by atoms with Crippen LogP contribution < -0.4 is 0 Å². The third kappa shape index (κ3) is 6.50. The van der Waals surface area contributed by atoms with Crippen LogP contribution in [0.1, 0.15) is 69.9 Å². The lowest BCUT2D eigenvalue weighted by atomic mass is 9.87. The van der Waals surface area contributed by atoms with E-state index in [1.165, 1.54) is 0 Å². The number of Topliss-reactive ketones (excluding diaryl/α,β-unsaturated/α-hetero) is 1. The number of hydrogen-bond donors (Lipinski definition) is 0. The Labute approximate surface area is 219 Å². The quantitative estimate of drug-likeness (QED) is 0.476. The number of nitriles is 1. The molecule has 1 saturated carbocycles. The molecule has 3 fully saturated rings. The smallest absolute Gasteiger partial charge is 0.411 e. The van der Waals surface area contributed by atoms with Crippen LogP contribution in [0.4, 0.5) is 9.18 Å². The topological polar surface area (TPSA) is 82.9 Å². The molecule has 1 amide bonds. The Morgan fingerprint density at radius 3 is 2.70 bits per heavy atom. The summed E-state index contributed by atoms with van der Waals surface area (Å²) < 4.78 is 25.8. The summed E-state index contributed by atoms with van der Waals surface area (Å²) in [6.45, 7) is 8.85. The van der Waals surface area contributed by atoms with Crippen LogP contribution >= 0.6 is 0 Å². The van der Waals surface area contributed by atoms with Crippen LogP contribution in [-0.4, -0.2) is 72.7 Å². The van der Waals surface area contributed by atoms with Crippen molar-refractivity contribution in [2.75, 3.05) is 33.4 Å². The van der Waals surface area contributed by atoms with E-state index in [4.69, 9.17) is 9.47 Å². The SMILES string of the molecule is COCCN1CCC(c2ccc(C[C@@H](C#N)CC(=O)[C@@H]3[C@H]4CC[C@H](C4)N3C(=O)OC(C)(C)C)c(F)c2)C1. The van der Waals surface area contributed by atoms with Crippen molar-refractivity contribution in [2.24, 2.45) is 11.8 Å². The maximum absolute atomic E-state index is 15.1. The first-order chi connectivity index (χ1) is 17.6. The first-order valence-electron chi connectivity index (χ1n) is 13.5. The third-order valence-corrected chi connectivity index (χ3v) is 8.05. The Balaban J connectivity index is 1.38. The van der Waals surface area contributed by atoms with Gasteiger partial charge in [0, 0.05) is 32.7 Å². The molecule has 3 aliphatic rings. The maximum Gasteiger partial charge on any atom is 0.411 e. The van der Waals surface area contributed by atoms with Crippen molar-refractivity contribution in [3.05, 3.63) is 35.1 Å². The molecule has 2 heterocycles. The van der Waals surface area contributed by atoms with Gasteiger partial charge in [-0.1, -0.05) is 12.1 Å². The van der Waals surface area contributed by atoms with Crippen LogP contribution in [0.5, 0.6) is 0 Å². The van der Waals surface area contributed by atoms with Gasteiger partial charge in [-0.3, -0.25) is 9.69 Å². The van der Waals surface area contributed by atoms with Gasteiger partial charge in [-0.25, -0.2) is 9.18 Å². The van der Waals surface area contributed by atoms with Gasteiger partial charge in [-0.2, -0.15) is 5.26 Å². The number of ether oxygens (including phenoxy) is 2. The number of nitrogens with zero attached hydrogens (tertiary/aromatic N) is 3. The molecule has 1 aliphatic carbocycles. The van der Waals surface area contributed by atoms with Gasteiger partial charge in [0.25, 0.3) is 0 Å². The van der Waals surface area contributed by atoms with Crippen molar-refractivity contribution >= 4 is 11.9 Å². The zero-order chi connectivity index (χ0) is 26.7. The van der Waals surface area contributed by atoms with Gasteiger partial charge < -0.3 is 14.4 Å². The monoisotopic (exact) mass is 513 g/mol. The Kier molecular flexibility index (Phi) is 8.55. The van der Waals surface area contributed by atoms with E-state index < -0.39 is 23.7 Å². The van der Waals surface area contributed by atoms with Crippen molar-refractivity contribution in [2.45, 2.75) is 82.9 Å². The molecule has 1 unspecified atom stereocenters. The van der Waals surface area contributed by atoms with Crippen LogP contribution in [0.25, 0.3) is 0 Å². The number of benzene rings is 1. The zero-order valence-electron chi connectivity index (χ0n) is 22.5. The molecule has 4 rings (SSSR count). The molecule has 37 heavy (non-hydrogen) atoms. The number of carbonyl (C=O) groups excluding carboxylic acids is 2. The molecule has 2 aliphatic heterocycles. The van der Waals surface area contributed by atoms with Crippen LogP contribution in [0, 0.1) is 29.0 Å². The van der Waals surface area contributed by atoms with Crippen LogP contribution in [0.3, 0.4) is 0 Å². The number of likely N-dealkylation sites (tertiary alicyclic amines) is 2. The minimum Gasteiger partial charge on any atom is -0.444 e. The van der Waals surface area contributed by atoms with Crippen LogP contribution in [0.2, 0.25) is 0 Å². The van der Waals surface area contributed by atoms with E-state index in [-0.39, 0.29) is 42.3 Å². The Bertz CT molecular complexity index is 1030. The Morgan fingerprint density at radius 1 is 1.24 bits per heavy atom. The summed E-state index contributed by atoms with van der Waals surface area (Å²) in [5.41, 5.74) is 0.779. The van der Waals surface area contributed by atoms with Gasteiger partial charge in [0.05, 0.1) is 24.6 Å². The summed E-state index contributed by atoms with van der Waals surface area (Å²) in [7, 11) is 1.69. The highest BCUT2D eigenvalue weighted by atomic mass is 19.1. The fourth-order valence-electron chi connectivity index (χ4n) is 6.28. The van der Waals surface area contributed by atoms with Crippen LogP contribution in [-0.2, 0) is 20.7 Å². The van der Waals surface area contributed by atoms with E-state index in [1.54, 1.807) is 24.1 Å². The summed E-state index contributed by atoms with van der Waals surface area (Å²) in [5.74, 6) is -0.705. The minimum absolute atomic E-state index is 0.00194. The summed E-state index contributed by atoms with van der Waals surface area (Å²) >= 11 is 0. The van der Waals surface area contributed by atoms with Gasteiger partial charge in [0.1, 0.15) is 11.4 Å². The van der Waals surface area contributed by atoms with Gasteiger partial charge in [-0.05, 0) is 88.4 Å². The average molecular weight is 514 g/mol. The molecule has 2 bridgehead atoms. The van der Waals surface area contributed by atoms with E-state index >= 15 is 4.39 Å². The molecule has 8 heteroatoms. The Morgan fingerprint density at radius 2 is 2.03 bits per heavy atom. The number of carbonyl (C=O) groups is 2. The highest BCUT2D eigenvalue weighted by Gasteiger charge is 2.52. The molecule has 202 valence electrons. The number of methoxy groups -OCH3 is 1. The zero-order valence-corrected chi connectivity index (χ0v) is 22.5. The lowest BCUT2D eigenvalue weighted by Gasteiger charge is -2.35. The number of piperidine rings is 1. The van der Waals surface area contributed by atoms with E-state index in [2.05, 4.69) is 11.0 Å². The lowest BCUT2D eigenvalue weighted by molar-refractivity contribution is -0.126. The van der Waals surface area contributed by atoms with Gasteiger partial charge in [-0.15, -0.1) is 0 Å². The number of hydrogen-bond acceptors (Lipinski definition) is 6. The summed E-state index contributed by atoms with van der Waals surface area (Å²) in [4.78, 5) is 30.2. The van der Waals surface area contributed by atoms with Crippen molar-refractivity contribution in [1.29, 1.82) is 5.26 Å². The predicted octanol–water partition coefficient (Wildman–Crippen LogP) is 4.69. The van der Waals surface area contributed by atoms with E-state index in [0.717, 1.165) is 50.9 Å². The van der Waals surface area contributed by atoms with Crippen LogP contribution in [0.15, 0.2) is 18.2 Å². The standard InChI is InChI=1S/C29H40FN3O4/c1-29(2,3)37-28(35)33-24-8-7-22(15-24)27(33)26(34)14-19(17-31)13-21-6-5-20(16-25(21)30)23-9-10-32(18-23)11-12-36-4/h5-6,16,19,22-24,27H,7-15,18H2,1-4H3/t19-,22+,23?,24-,27+/m1/s1. The predicted molar refractivity (Wildman–Crippen MR) is 137 cm³/mol. The number of halogens is 1. The second kappa shape index (κ2) is 11.5. The minimum atomic E-state index is -0.650. The number of fused-ring (bicyclic) bond motifs is 2. The molecule has 7 nitrogen and oxygen atoms in total. The summed E-state index contributed by atoms with van der Waals surface area (Å²) in [6, 6.07) is 6.99. The third-order valence-electron chi connectivity index (χ3n) is 8.05. The highest BCUT2D eigenvalue weighted by Crippen LogP contribution is 2.44. The molecule has 1 aromatic carbocycles. The molecular weight excluding hydrogens is 473 g/mol. The van der Waals surface area contributed by atoms with Crippen molar-refractivity contribution in [3.63, 3.8) is 0 Å². The summed E-state index contributed by atoms with van der Waals surface area (Å²) in [5, 5.41) is 9.81. The number of ketones is 1. The second-order valence-corrected chi connectivity index (χ2v) is 11.9. The summed E-state index contributed by atoms with van der Waals surface area (Å²) in [6.07, 6.45) is 3.27. The molecule has 2 saturated heterocycles. The van der Waals surface area contributed by atoms with Gasteiger partial charge in [0.15, 0.2) is 5.78 Å². The number of amides is 1. The number of rotatable bonds is 9. The van der Waals surface area contributed by atoms with E-state index in [0.29, 0.717) is 12.2 Å². The lowest BCUT2D eigenvalue weighted by Crippen LogP contribution is -2.51. The Hall–Kier alpha value is -2.50. The van der Waals surface area contributed by atoms with E-state index in [9.17, 15) is 14.9 Å². The van der Waals surface area contributed by atoms with Crippen molar-refractivity contribution < 1.29 is 23.5 Å². The highest BCUT2D eigenvalue weighted by molar-refractivity contribution is 5.89. The molecule has 0 aromatic heterocycles. The fraction of sp³-hybridized carbons (Fsp3) is 0.690. The largest absolute Gasteiger partial charge is 0.444 e. The first kappa shape index (κ1) is 27.5. The molecule has 1 aromatic rings. The normalized spacial score (nSPS) is 26.3. The fourth-order valence-corrected chi connectivity index (χ4v) is 6.28. The molecule has 0 N–H and O–H groups in total. The van der Waals surface area contributed by atoms with Crippen molar-refractivity contribution in [1.82, 2.24) is 9.80 Å². The first-order valence-corrected chi connectivity index (χ1v) is 13.5.